The third-order valence-corrected chi connectivity index (χ3v) is 9.42. The van der Waals surface area contributed by atoms with Gasteiger partial charge in [-0.15, -0.1) is 11.3 Å². The number of amides is 1. The van der Waals surface area contributed by atoms with Crippen LogP contribution in [-0.4, -0.2) is 56.3 Å². The second-order valence-corrected chi connectivity index (χ2v) is 12.2. The van der Waals surface area contributed by atoms with Gasteiger partial charge in [-0.3, -0.25) is 9.69 Å². The molecule has 1 atom stereocenters. The van der Waals surface area contributed by atoms with Crippen molar-refractivity contribution in [1.82, 2.24) is 9.21 Å². The molecular formula is C21H28BrN3O3S2. The maximum Gasteiger partial charge on any atom is 0.252 e. The molecule has 1 unspecified atom stereocenters. The standard InChI is InChI=1S/C21H28BrN3O3S2/c1-3-16(2)17-5-7-18(8-6-17)23-20(26)15-24-11-4-12-25(14-13-24)30(27,28)21-10-9-19(22)29-21/h5-10,16H,3-4,11-15H2,1-2H3,(H,23,26). The van der Waals surface area contributed by atoms with Gasteiger partial charge in [0.05, 0.1) is 10.3 Å². The molecule has 3 rings (SSSR count). The van der Waals surface area contributed by atoms with Crippen molar-refractivity contribution in [3.63, 3.8) is 0 Å². The van der Waals surface area contributed by atoms with E-state index in [-0.39, 0.29) is 12.5 Å². The maximum atomic E-state index is 12.8. The molecule has 6 nitrogen and oxygen atoms in total. The number of carbonyl (C=O) groups is 1. The van der Waals surface area contributed by atoms with Crippen molar-refractivity contribution in [3.8, 4) is 0 Å². The molecule has 1 N–H and O–H groups in total. The number of carbonyl (C=O) groups excluding carboxylic acids is 1. The fraction of sp³-hybridized carbons (Fsp3) is 0.476. The van der Waals surface area contributed by atoms with Crippen molar-refractivity contribution in [3.05, 3.63) is 45.7 Å². The predicted octanol–water partition coefficient (Wildman–Crippen LogP) is 4.36. The van der Waals surface area contributed by atoms with Crippen LogP contribution in [0, 0.1) is 0 Å². The van der Waals surface area contributed by atoms with Gasteiger partial charge in [-0.25, -0.2) is 8.42 Å². The van der Waals surface area contributed by atoms with Crippen LogP contribution in [0.1, 0.15) is 38.2 Å². The summed E-state index contributed by atoms with van der Waals surface area (Å²) in [5.74, 6) is 0.422. The van der Waals surface area contributed by atoms with Crippen LogP contribution in [0.2, 0.25) is 0 Å². The summed E-state index contributed by atoms with van der Waals surface area (Å²) in [7, 11) is -3.48. The Morgan fingerprint density at radius 1 is 1.13 bits per heavy atom. The van der Waals surface area contributed by atoms with Crippen molar-refractivity contribution in [1.29, 1.82) is 0 Å². The highest BCUT2D eigenvalue weighted by atomic mass is 79.9. The van der Waals surface area contributed by atoms with E-state index in [4.69, 9.17) is 0 Å². The van der Waals surface area contributed by atoms with Gasteiger partial charge >= 0.3 is 0 Å². The van der Waals surface area contributed by atoms with Crippen molar-refractivity contribution < 1.29 is 13.2 Å². The molecule has 1 aromatic heterocycles. The Balaban J connectivity index is 1.54. The Hall–Kier alpha value is -1.26. The SMILES string of the molecule is CCC(C)c1ccc(NC(=O)CN2CCCN(S(=O)(=O)c3ccc(Br)s3)CC2)cc1. The van der Waals surface area contributed by atoms with Gasteiger partial charge in [0.1, 0.15) is 4.21 Å². The molecule has 0 radical (unpaired) electrons. The van der Waals surface area contributed by atoms with E-state index in [1.807, 2.05) is 17.0 Å². The molecule has 164 valence electrons. The van der Waals surface area contributed by atoms with Crippen LogP contribution in [0.5, 0.6) is 0 Å². The third kappa shape index (κ3) is 5.91. The van der Waals surface area contributed by atoms with E-state index in [0.29, 0.717) is 42.7 Å². The molecule has 1 saturated heterocycles. The first kappa shape index (κ1) is 23.4. The van der Waals surface area contributed by atoms with Gasteiger partial charge in [-0.2, -0.15) is 4.31 Å². The minimum absolute atomic E-state index is 0.0789. The lowest BCUT2D eigenvalue weighted by Crippen LogP contribution is -2.37. The number of thiophene rings is 1. The number of nitrogens with zero attached hydrogens (tertiary/aromatic N) is 2. The molecule has 1 aliphatic heterocycles. The Kier molecular flexibility index (Phi) is 8.09. The maximum absolute atomic E-state index is 12.8. The highest BCUT2D eigenvalue weighted by Gasteiger charge is 2.28. The predicted molar refractivity (Wildman–Crippen MR) is 126 cm³/mol. The highest BCUT2D eigenvalue weighted by molar-refractivity contribution is 9.11. The van der Waals surface area contributed by atoms with Crippen LogP contribution in [-0.2, 0) is 14.8 Å². The van der Waals surface area contributed by atoms with Crippen LogP contribution < -0.4 is 5.32 Å². The summed E-state index contributed by atoms with van der Waals surface area (Å²) in [6, 6.07) is 11.4. The van der Waals surface area contributed by atoms with E-state index in [0.717, 1.165) is 15.9 Å². The van der Waals surface area contributed by atoms with Crippen LogP contribution in [0.25, 0.3) is 0 Å². The van der Waals surface area contributed by atoms with Gasteiger partial charge in [-0.05, 0) is 71.1 Å². The number of rotatable bonds is 7. The van der Waals surface area contributed by atoms with Crippen molar-refractivity contribution in [2.75, 3.05) is 38.0 Å². The second kappa shape index (κ2) is 10.4. The average molecular weight is 515 g/mol. The van der Waals surface area contributed by atoms with Gasteiger partial charge in [0.15, 0.2) is 0 Å². The number of anilines is 1. The van der Waals surface area contributed by atoms with E-state index in [9.17, 15) is 13.2 Å². The number of nitrogens with one attached hydrogen (secondary N) is 1. The molecule has 1 aromatic carbocycles. The van der Waals surface area contributed by atoms with Gasteiger partial charge in [0.2, 0.25) is 5.91 Å². The zero-order valence-corrected chi connectivity index (χ0v) is 20.5. The molecule has 2 aromatic rings. The molecule has 2 heterocycles. The Labute approximate surface area is 191 Å². The molecule has 9 heteroatoms. The lowest BCUT2D eigenvalue weighted by atomic mass is 9.99. The average Bonchev–Trinajstić information content (AvgIpc) is 3.03. The zero-order valence-electron chi connectivity index (χ0n) is 17.3. The Bertz CT molecular complexity index is 960. The van der Waals surface area contributed by atoms with Gasteiger partial charge in [0.25, 0.3) is 10.0 Å². The fourth-order valence-corrected chi connectivity index (χ4v) is 7.08. The van der Waals surface area contributed by atoms with Crippen LogP contribution in [0.4, 0.5) is 5.69 Å². The minimum Gasteiger partial charge on any atom is -0.325 e. The largest absolute Gasteiger partial charge is 0.325 e. The lowest BCUT2D eigenvalue weighted by molar-refractivity contribution is -0.117. The molecule has 30 heavy (non-hydrogen) atoms. The summed E-state index contributed by atoms with van der Waals surface area (Å²) in [5, 5.41) is 2.95. The van der Waals surface area contributed by atoms with E-state index in [1.165, 1.54) is 21.2 Å². The number of sulfonamides is 1. The molecule has 0 bridgehead atoms. The first-order valence-electron chi connectivity index (χ1n) is 10.2. The number of benzene rings is 1. The molecular weight excluding hydrogens is 486 g/mol. The summed E-state index contributed by atoms with van der Waals surface area (Å²) < 4.78 is 28.3. The van der Waals surface area contributed by atoms with Crippen LogP contribution in [0.15, 0.2) is 44.4 Å². The third-order valence-electron chi connectivity index (χ3n) is 5.43. The summed E-state index contributed by atoms with van der Waals surface area (Å²) in [4.78, 5) is 14.5. The van der Waals surface area contributed by atoms with E-state index in [2.05, 4.69) is 47.2 Å². The number of hydrogen-bond acceptors (Lipinski definition) is 5. The zero-order chi connectivity index (χ0) is 21.7. The molecule has 1 fully saturated rings. The minimum atomic E-state index is -3.48. The molecule has 1 amide bonds. The van der Waals surface area contributed by atoms with Crippen molar-refractivity contribution in [2.45, 2.75) is 36.8 Å². The quantitative estimate of drug-likeness (QED) is 0.596. The smallest absolute Gasteiger partial charge is 0.252 e. The lowest BCUT2D eigenvalue weighted by Gasteiger charge is -2.21. The Morgan fingerprint density at radius 2 is 1.87 bits per heavy atom. The van der Waals surface area contributed by atoms with E-state index in [1.54, 1.807) is 12.1 Å². The van der Waals surface area contributed by atoms with Gasteiger partial charge in [-0.1, -0.05) is 26.0 Å². The highest BCUT2D eigenvalue weighted by Crippen LogP contribution is 2.29. The topological polar surface area (TPSA) is 69.7 Å². The summed E-state index contributed by atoms with van der Waals surface area (Å²) >= 11 is 4.55. The van der Waals surface area contributed by atoms with E-state index >= 15 is 0 Å². The monoisotopic (exact) mass is 513 g/mol. The Morgan fingerprint density at radius 3 is 2.50 bits per heavy atom. The normalized spacial score (nSPS) is 17.4. The first-order chi connectivity index (χ1) is 14.3. The van der Waals surface area contributed by atoms with Crippen LogP contribution in [0.3, 0.4) is 0 Å². The summed E-state index contributed by atoms with van der Waals surface area (Å²) in [6.45, 7) is 6.68. The molecule has 0 spiro atoms. The number of halogens is 1. The van der Waals surface area contributed by atoms with E-state index < -0.39 is 10.0 Å². The van der Waals surface area contributed by atoms with Gasteiger partial charge in [0, 0.05) is 25.3 Å². The first-order valence-corrected chi connectivity index (χ1v) is 13.2. The molecule has 1 aliphatic rings. The van der Waals surface area contributed by atoms with Crippen molar-refractivity contribution >= 4 is 48.9 Å². The van der Waals surface area contributed by atoms with Gasteiger partial charge < -0.3 is 5.32 Å². The molecule has 0 aliphatic carbocycles. The fourth-order valence-electron chi connectivity index (χ4n) is 3.44. The second-order valence-electron chi connectivity index (χ2n) is 7.57. The number of hydrogen-bond donors (Lipinski definition) is 1. The van der Waals surface area contributed by atoms with Crippen molar-refractivity contribution in [2.24, 2.45) is 0 Å². The summed E-state index contributed by atoms with van der Waals surface area (Å²) in [6.07, 6.45) is 1.78. The molecule has 0 saturated carbocycles. The summed E-state index contributed by atoms with van der Waals surface area (Å²) in [5.41, 5.74) is 2.05. The van der Waals surface area contributed by atoms with Crippen LogP contribution >= 0.6 is 27.3 Å².